The van der Waals surface area contributed by atoms with E-state index >= 15 is 0 Å². The number of amides is 1. The van der Waals surface area contributed by atoms with Crippen LogP contribution in [0.4, 0.5) is 0 Å². The molecule has 1 rings (SSSR count). The lowest BCUT2D eigenvalue weighted by Gasteiger charge is -2.25. The van der Waals surface area contributed by atoms with Crippen molar-refractivity contribution in [3.05, 3.63) is 29.3 Å². The summed E-state index contributed by atoms with van der Waals surface area (Å²) in [6.45, 7) is 0.986. The molecule has 1 atom stereocenters. The van der Waals surface area contributed by atoms with Crippen molar-refractivity contribution in [1.29, 1.82) is 0 Å². The Balaban J connectivity index is 2.76. The highest BCUT2D eigenvalue weighted by Gasteiger charge is 2.19. The van der Waals surface area contributed by atoms with Crippen LogP contribution in [-0.4, -0.2) is 55.5 Å². The van der Waals surface area contributed by atoms with Gasteiger partial charge in [0.15, 0.2) is 6.29 Å². The number of benzene rings is 1. The van der Waals surface area contributed by atoms with E-state index in [1.807, 2.05) is 18.0 Å². The van der Waals surface area contributed by atoms with Crippen LogP contribution in [0.15, 0.2) is 18.2 Å². The van der Waals surface area contributed by atoms with E-state index in [1.54, 1.807) is 19.2 Å². The van der Waals surface area contributed by atoms with Crippen LogP contribution >= 0.6 is 15.9 Å². The Hall–Kier alpha value is -1.73. The molecule has 0 radical (unpaired) electrons. The molecule has 0 aliphatic rings. The summed E-state index contributed by atoms with van der Waals surface area (Å²) in [5.41, 5.74) is 1.33. The number of alkyl halides is 1. The maximum absolute atomic E-state index is 11.5. The Kier molecular flexibility index (Phi) is 12.4. The number of carbonyl (C=O) groups is 3. The summed E-state index contributed by atoms with van der Waals surface area (Å²) in [5.74, 6) is 0.574. The van der Waals surface area contributed by atoms with E-state index in [4.69, 9.17) is 4.74 Å². The molecule has 0 bridgehead atoms. The molecular weight excluding hydrogens is 424 g/mol. The zero-order valence-electron chi connectivity index (χ0n) is 16.8. The fraction of sp³-hybridized carbons (Fsp3) is 0.571. The number of unbranched alkanes of at least 4 members (excludes halogenated alkanes) is 3. The number of ether oxygens (including phenoxy) is 1. The highest BCUT2D eigenvalue weighted by molar-refractivity contribution is 9.09. The van der Waals surface area contributed by atoms with E-state index < -0.39 is 6.04 Å². The molecule has 6 nitrogen and oxygen atoms in total. The number of nitrogens with one attached hydrogen (secondary N) is 1. The Bertz CT molecular complexity index is 624. The summed E-state index contributed by atoms with van der Waals surface area (Å²) in [7, 11) is 3.39. The van der Waals surface area contributed by atoms with Gasteiger partial charge in [-0.3, -0.25) is 14.5 Å². The molecule has 0 saturated carbocycles. The number of carbonyl (C=O) groups excluding carboxylic acids is 3. The molecule has 1 amide bonds. The topological polar surface area (TPSA) is 75.7 Å². The fourth-order valence-electron chi connectivity index (χ4n) is 2.89. The minimum atomic E-state index is -0.408. The van der Waals surface area contributed by atoms with Gasteiger partial charge in [0.05, 0.1) is 12.6 Å². The minimum Gasteiger partial charge on any atom is -0.493 e. The SMILES string of the molecule is CNC(=O)CCC(C=O)N(C)Cc1c(C=O)cccc1OCCCCCCBr. The highest BCUT2D eigenvalue weighted by Crippen LogP contribution is 2.24. The summed E-state index contributed by atoms with van der Waals surface area (Å²) in [6, 6.07) is 5.00. The Morgan fingerprint density at radius 2 is 2.00 bits per heavy atom. The van der Waals surface area contributed by atoms with Gasteiger partial charge in [0, 0.05) is 36.5 Å². The predicted molar refractivity (Wildman–Crippen MR) is 114 cm³/mol. The van der Waals surface area contributed by atoms with Crippen molar-refractivity contribution in [3.8, 4) is 5.75 Å². The lowest BCUT2D eigenvalue weighted by atomic mass is 10.0. The van der Waals surface area contributed by atoms with Crippen molar-refractivity contribution in [3.63, 3.8) is 0 Å². The summed E-state index contributed by atoms with van der Waals surface area (Å²) in [4.78, 5) is 36.3. The molecule has 0 fully saturated rings. The fourth-order valence-corrected chi connectivity index (χ4v) is 3.29. The molecule has 1 aromatic rings. The van der Waals surface area contributed by atoms with Gasteiger partial charge in [0.1, 0.15) is 12.0 Å². The van der Waals surface area contributed by atoms with E-state index in [2.05, 4.69) is 21.2 Å². The van der Waals surface area contributed by atoms with Crippen LogP contribution in [0.5, 0.6) is 5.75 Å². The van der Waals surface area contributed by atoms with E-state index in [0.717, 1.165) is 49.1 Å². The van der Waals surface area contributed by atoms with E-state index in [9.17, 15) is 14.4 Å². The monoisotopic (exact) mass is 454 g/mol. The lowest BCUT2D eigenvalue weighted by Crippen LogP contribution is -2.34. The molecule has 0 aromatic heterocycles. The second kappa shape index (κ2) is 14.3. The van der Waals surface area contributed by atoms with Crippen molar-refractivity contribution < 1.29 is 19.1 Å². The van der Waals surface area contributed by atoms with Gasteiger partial charge in [-0.15, -0.1) is 0 Å². The van der Waals surface area contributed by atoms with Crippen molar-refractivity contribution >= 4 is 34.4 Å². The lowest BCUT2D eigenvalue weighted by molar-refractivity contribution is -0.121. The average Bonchev–Trinajstić information content (AvgIpc) is 2.71. The van der Waals surface area contributed by atoms with Gasteiger partial charge in [-0.1, -0.05) is 40.9 Å². The van der Waals surface area contributed by atoms with Gasteiger partial charge in [-0.2, -0.15) is 0 Å². The average molecular weight is 455 g/mol. The van der Waals surface area contributed by atoms with Crippen molar-refractivity contribution in [2.45, 2.75) is 51.1 Å². The summed E-state index contributed by atoms with van der Waals surface area (Å²) in [6.07, 6.45) is 6.72. The maximum Gasteiger partial charge on any atom is 0.219 e. The number of halogens is 1. The number of likely N-dealkylation sites (N-methyl/N-ethyl adjacent to an activating group) is 1. The molecule has 0 heterocycles. The third kappa shape index (κ3) is 8.52. The summed E-state index contributed by atoms with van der Waals surface area (Å²) < 4.78 is 5.94. The van der Waals surface area contributed by atoms with Crippen molar-refractivity contribution in [2.24, 2.45) is 0 Å². The summed E-state index contributed by atoms with van der Waals surface area (Å²) in [5, 5.41) is 3.58. The molecule has 0 spiro atoms. The van der Waals surface area contributed by atoms with Crippen molar-refractivity contribution in [1.82, 2.24) is 10.2 Å². The van der Waals surface area contributed by atoms with E-state index in [0.29, 0.717) is 30.9 Å². The van der Waals surface area contributed by atoms with Crippen LogP contribution in [0.3, 0.4) is 0 Å². The largest absolute Gasteiger partial charge is 0.493 e. The molecule has 1 N–H and O–H groups in total. The molecule has 0 aliphatic carbocycles. The smallest absolute Gasteiger partial charge is 0.219 e. The first kappa shape index (κ1) is 24.3. The molecule has 1 unspecified atom stereocenters. The summed E-state index contributed by atoms with van der Waals surface area (Å²) >= 11 is 3.43. The first-order valence-electron chi connectivity index (χ1n) is 9.69. The number of rotatable bonds is 15. The standard InChI is InChI=1S/C21H31BrN2O4/c1-23-21(27)11-10-18(16-26)24(2)14-19-17(15-25)8-7-9-20(19)28-13-6-4-3-5-12-22/h7-9,15-16,18H,3-6,10-14H2,1-2H3,(H,23,27). The first-order valence-corrected chi connectivity index (χ1v) is 10.8. The second-order valence-electron chi connectivity index (χ2n) is 6.72. The molecular formula is C21H31BrN2O4. The van der Waals surface area contributed by atoms with Crippen LogP contribution in [-0.2, 0) is 16.1 Å². The van der Waals surface area contributed by atoms with Crippen molar-refractivity contribution in [2.75, 3.05) is 26.0 Å². The van der Waals surface area contributed by atoms with Crippen LogP contribution in [0.2, 0.25) is 0 Å². The maximum atomic E-state index is 11.5. The molecule has 156 valence electrons. The third-order valence-corrected chi connectivity index (χ3v) is 5.22. The highest BCUT2D eigenvalue weighted by atomic mass is 79.9. The molecule has 0 aliphatic heterocycles. The Morgan fingerprint density at radius 1 is 1.25 bits per heavy atom. The quantitative estimate of drug-likeness (QED) is 0.249. The van der Waals surface area contributed by atoms with Gasteiger partial charge >= 0.3 is 0 Å². The Morgan fingerprint density at radius 3 is 2.64 bits per heavy atom. The third-order valence-electron chi connectivity index (χ3n) is 4.66. The predicted octanol–water partition coefficient (Wildman–Crippen LogP) is 3.36. The van der Waals surface area contributed by atoms with Gasteiger partial charge in [-0.25, -0.2) is 0 Å². The van der Waals surface area contributed by atoms with Gasteiger partial charge in [0.2, 0.25) is 5.91 Å². The number of nitrogens with zero attached hydrogens (tertiary/aromatic N) is 1. The van der Waals surface area contributed by atoms with Gasteiger partial charge < -0.3 is 14.8 Å². The van der Waals surface area contributed by atoms with Crippen LogP contribution in [0.25, 0.3) is 0 Å². The number of hydrogen-bond acceptors (Lipinski definition) is 5. The number of aldehydes is 2. The first-order chi connectivity index (χ1) is 13.6. The van der Waals surface area contributed by atoms with Gasteiger partial charge in [-0.05, 0) is 32.4 Å². The molecule has 7 heteroatoms. The normalized spacial score (nSPS) is 11.9. The minimum absolute atomic E-state index is 0.0996. The van der Waals surface area contributed by atoms with E-state index in [-0.39, 0.29) is 12.3 Å². The number of hydrogen-bond donors (Lipinski definition) is 1. The molecule has 28 heavy (non-hydrogen) atoms. The Labute approximate surface area is 176 Å². The second-order valence-corrected chi connectivity index (χ2v) is 7.52. The zero-order valence-corrected chi connectivity index (χ0v) is 18.4. The van der Waals surface area contributed by atoms with Crippen LogP contribution < -0.4 is 10.1 Å². The van der Waals surface area contributed by atoms with Crippen LogP contribution in [0, 0.1) is 0 Å². The van der Waals surface area contributed by atoms with Crippen LogP contribution in [0.1, 0.15) is 54.4 Å². The molecule has 1 aromatic carbocycles. The molecule has 0 saturated heterocycles. The zero-order chi connectivity index (χ0) is 20.8. The van der Waals surface area contributed by atoms with E-state index in [1.165, 1.54) is 0 Å². The van der Waals surface area contributed by atoms with Gasteiger partial charge in [0.25, 0.3) is 0 Å².